The van der Waals surface area contributed by atoms with E-state index in [1.54, 1.807) is 13.8 Å². The zero-order chi connectivity index (χ0) is 11.8. The molecule has 2 rings (SSSR count). The normalized spacial score (nSPS) is 11.6. The first-order chi connectivity index (χ1) is 7.49. The third kappa shape index (κ3) is 1.89. The van der Waals surface area contributed by atoms with Crippen LogP contribution in [0.2, 0.25) is 0 Å². The molecule has 0 fully saturated rings. The molecule has 0 atom stereocenters. The van der Waals surface area contributed by atoms with Crippen molar-refractivity contribution in [2.45, 2.75) is 18.7 Å². The zero-order valence-electron chi connectivity index (χ0n) is 8.64. The molecule has 0 amide bonds. The fraction of sp³-hybridized carbons (Fsp3) is 0.286. The van der Waals surface area contributed by atoms with E-state index in [1.165, 1.54) is 6.20 Å². The average molecular weight is 242 g/mol. The smallest absolute Gasteiger partial charge is 0.267 e. The standard InChI is InChI=1S/C7H10N6O2S/c1-4-6(3-8-10-4)16(14,15)13-7-9-5(2)11-12-7/h3H,1-2H3,(H,8,10)(H2,9,11,12,13). The number of hydrogen-bond acceptors (Lipinski definition) is 5. The van der Waals surface area contributed by atoms with Gasteiger partial charge in [-0.15, -0.1) is 5.10 Å². The fourth-order valence-electron chi connectivity index (χ4n) is 1.17. The molecular weight excluding hydrogens is 232 g/mol. The first-order valence-electron chi connectivity index (χ1n) is 4.41. The molecule has 0 aromatic carbocycles. The number of sulfonamides is 1. The molecule has 2 heterocycles. The molecule has 0 radical (unpaired) electrons. The fourth-order valence-corrected chi connectivity index (χ4v) is 2.26. The second kappa shape index (κ2) is 3.59. The number of aromatic amines is 2. The van der Waals surface area contributed by atoms with Gasteiger partial charge >= 0.3 is 0 Å². The first kappa shape index (κ1) is 10.6. The van der Waals surface area contributed by atoms with Crippen molar-refractivity contribution >= 4 is 16.0 Å². The predicted molar refractivity (Wildman–Crippen MR) is 55.3 cm³/mol. The van der Waals surface area contributed by atoms with E-state index in [-0.39, 0.29) is 10.8 Å². The van der Waals surface area contributed by atoms with Crippen molar-refractivity contribution in [2.75, 3.05) is 4.72 Å². The van der Waals surface area contributed by atoms with Gasteiger partial charge in [0.15, 0.2) is 0 Å². The highest BCUT2D eigenvalue weighted by atomic mass is 32.2. The van der Waals surface area contributed by atoms with E-state index in [2.05, 4.69) is 30.1 Å². The highest BCUT2D eigenvalue weighted by Gasteiger charge is 2.20. The van der Waals surface area contributed by atoms with Gasteiger partial charge in [-0.2, -0.15) is 10.1 Å². The molecule has 0 aliphatic carbocycles. The molecule has 0 saturated carbocycles. The van der Waals surface area contributed by atoms with Crippen molar-refractivity contribution in [2.24, 2.45) is 0 Å². The Morgan fingerprint density at radius 2 is 2.06 bits per heavy atom. The number of nitrogens with zero attached hydrogens (tertiary/aromatic N) is 3. The first-order valence-corrected chi connectivity index (χ1v) is 5.89. The molecule has 0 aliphatic heterocycles. The van der Waals surface area contributed by atoms with Crippen LogP contribution < -0.4 is 4.72 Å². The maximum Gasteiger partial charge on any atom is 0.267 e. The van der Waals surface area contributed by atoms with Crippen molar-refractivity contribution in [3.63, 3.8) is 0 Å². The summed E-state index contributed by atoms with van der Waals surface area (Å²) in [6, 6.07) is 0. The lowest BCUT2D eigenvalue weighted by atomic mass is 10.5. The van der Waals surface area contributed by atoms with Gasteiger partial charge in [0.1, 0.15) is 10.7 Å². The second-order valence-electron chi connectivity index (χ2n) is 3.21. The lowest BCUT2D eigenvalue weighted by Gasteiger charge is -2.01. The molecule has 0 saturated heterocycles. The van der Waals surface area contributed by atoms with Crippen LogP contribution in [0.5, 0.6) is 0 Å². The Kier molecular flexibility index (Phi) is 2.38. The van der Waals surface area contributed by atoms with Gasteiger partial charge in [0.2, 0.25) is 0 Å². The molecule has 8 nitrogen and oxygen atoms in total. The summed E-state index contributed by atoms with van der Waals surface area (Å²) < 4.78 is 25.9. The number of anilines is 1. The van der Waals surface area contributed by atoms with Gasteiger partial charge in [0.05, 0.1) is 11.9 Å². The Morgan fingerprint density at radius 3 is 2.56 bits per heavy atom. The summed E-state index contributed by atoms with van der Waals surface area (Å²) >= 11 is 0. The third-order valence-electron chi connectivity index (χ3n) is 1.90. The topological polar surface area (TPSA) is 116 Å². The molecule has 2 aromatic heterocycles. The SMILES string of the molecule is Cc1nc(NS(=O)(=O)c2cn[nH]c2C)n[nH]1. The van der Waals surface area contributed by atoms with Crippen molar-refractivity contribution in [3.8, 4) is 0 Å². The molecule has 0 bridgehead atoms. The molecule has 3 N–H and O–H groups in total. The Hall–Kier alpha value is -1.90. The van der Waals surface area contributed by atoms with Crippen LogP contribution in [0.15, 0.2) is 11.1 Å². The number of aromatic nitrogens is 5. The van der Waals surface area contributed by atoms with E-state index in [9.17, 15) is 8.42 Å². The van der Waals surface area contributed by atoms with Crippen molar-refractivity contribution in [1.82, 2.24) is 25.4 Å². The van der Waals surface area contributed by atoms with Gasteiger partial charge in [-0.05, 0) is 13.8 Å². The van der Waals surface area contributed by atoms with Gasteiger partial charge in [0.25, 0.3) is 16.0 Å². The Bertz CT molecular complexity index is 598. The van der Waals surface area contributed by atoms with Crippen LogP contribution in [0.4, 0.5) is 5.95 Å². The molecule has 0 spiro atoms. The summed E-state index contributed by atoms with van der Waals surface area (Å²) in [5, 5.41) is 12.4. The summed E-state index contributed by atoms with van der Waals surface area (Å²) in [6.45, 7) is 3.29. The Morgan fingerprint density at radius 1 is 1.31 bits per heavy atom. The third-order valence-corrected chi connectivity index (χ3v) is 3.34. The summed E-state index contributed by atoms with van der Waals surface area (Å²) in [6.07, 6.45) is 1.23. The lowest BCUT2D eigenvalue weighted by Crippen LogP contribution is -2.14. The molecule has 16 heavy (non-hydrogen) atoms. The minimum atomic E-state index is -3.68. The number of hydrogen-bond donors (Lipinski definition) is 3. The quantitative estimate of drug-likeness (QED) is 0.697. The zero-order valence-corrected chi connectivity index (χ0v) is 9.46. The minimum Gasteiger partial charge on any atom is -0.281 e. The van der Waals surface area contributed by atoms with Crippen LogP contribution in [0.3, 0.4) is 0 Å². The van der Waals surface area contributed by atoms with E-state index in [0.717, 1.165) is 0 Å². The van der Waals surface area contributed by atoms with Gasteiger partial charge in [-0.25, -0.2) is 13.1 Å². The predicted octanol–water partition coefficient (Wildman–Crippen LogP) is -0.0546. The minimum absolute atomic E-state index is 0.0121. The van der Waals surface area contributed by atoms with E-state index in [0.29, 0.717) is 11.5 Å². The average Bonchev–Trinajstić information content (AvgIpc) is 2.74. The Balaban J connectivity index is 2.31. The van der Waals surface area contributed by atoms with E-state index in [4.69, 9.17) is 0 Å². The van der Waals surface area contributed by atoms with Crippen LogP contribution in [0.1, 0.15) is 11.5 Å². The lowest BCUT2D eigenvalue weighted by molar-refractivity contribution is 0.600. The monoisotopic (exact) mass is 242 g/mol. The summed E-state index contributed by atoms with van der Waals surface area (Å²) in [5.41, 5.74) is 0.458. The van der Waals surface area contributed by atoms with E-state index in [1.807, 2.05) is 0 Å². The number of rotatable bonds is 3. The van der Waals surface area contributed by atoms with Crippen LogP contribution in [-0.4, -0.2) is 33.8 Å². The van der Waals surface area contributed by atoms with Gasteiger partial charge in [0, 0.05) is 0 Å². The van der Waals surface area contributed by atoms with Crippen molar-refractivity contribution in [3.05, 3.63) is 17.7 Å². The van der Waals surface area contributed by atoms with Crippen molar-refractivity contribution in [1.29, 1.82) is 0 Å². The highest BCUT2D eigenvalue weighted by Crippen LogP contribution is 2.14. The molecule has 86 valence electrons. The van der Waals surface area contributed by atoms with E-state index >= 15 is 0 Å². The maximum atomic E-state index is 11.8. The van der Waals surface area contributed by atoms with Crippen LogP contribution in [-0.2, 0) is 10.0 Å². The van der Waals surface area contributed by atoms with E-state index < -0.39 is 10.0 Å². The Labute approximate surface area is 91.5 Å². The second-order valence-corrected chi connectivity index (χ2v) is 4.86. The summed E-state index contributed by atoms with van der Waals surface area (Å²) in [7, 11) is -3.68. The van der Waals surface area contributed by atoms with Crippen LogP contribution in [0.25, 0.3) is 0 Å². The largest absolute Gasteiger partial charge is 0.281 e. The number of aryl methyl sites for hydroxylation is 2. The van der Waals surface area contributed by atoms with Crippen LogP contribution in [0, 0.1) is 13.8 Å². The molecular formula is C7H10N6O2S. The maximum absolute atomic E-state index is 11.8. The summed E-state index contributed by atoms with van der Waals surface area (Å²) in [5.74, 6) is 0.541. The molecule has 9 heteroatoms. The highest BCUT2D eigenvalue weighted by molar-refractivity contribution is 7.92. The number of H-pyrrole nitrogens is 2. The summed E-state index contributed by atoms with van der Waals surface area (Å²) in [4.78, 5) is 3.93. The number of nitrogens with one attached hydrogen (secondary N) is 3. The van der Waals surface area contributed by atoms with Gasteiger partial charge in [-0.1, -0.05) is 0 Å². The van der Waals surface area contributed by atoms with Crippen LogP contribution >= 0.6 is 0 Å². The van der Waals surface area contributed by atoms with Crippen molar-refractivity contribution < 1.29 is 8.42 Å². The molecule has 2 aromatic rings. The van der Waals surface area contributed by atoms with Gasteiger partial charge in [-0.3, -0.25) is 10.2 Å². The van der Waals surface area contributed by atoms with Gasteiger partial charge < -0.3 is 0 Å². The molecule has 0 unspecified atom stereocenters. The molecule has 0 aliphatic rings.